The van der Waals surface area contributed by atoms with E-state index in [1.54, 1.807) is 12.4 Å². The molecule has 0 saturated carbocycles. The van der Waals surface area contributed by atoms with Gasteiger partial charge in [-0.3, -0.25) is 9.97 Å². The number of aromatic nitrogens is 2. The molecular weight excluding hydrogens is 242 g/mol. The predicted molar refractivity (Wildman–Crippen MR) is 54.7 cm³/mol. The van der Waals surface area contributed by atoms with Crippen LogP contribution in [-0.2, 0) is 16.5 Å². The van der Waals surface area contributed by atoms with E-state index in [1.807, 2.05) is 36.4 Å². The van der Waals surface area contributed by atoms with Crippen molar-refractivity contribution < 1.29 is 16.5 Å². The van der Waals surface area contributed by atoms with E-state index in [-0.39, 0.29) is 28.9 Å². The molecule has 2 heterocycles. The van der Waals surface area contributed by atoms with E-state index in [0.717, 1.165) is 11.4 Å². The summed E-state index contributed by atoms with van der Waals surface area (Å²) in [4.78, 5) is 8.37. The van der Waals surface area contributed by atoms with E-state index in [1.165, 1.54) is 0 Å². The van der Waals surface area contributed by atoms with Gasteiger partial charge in [0.2, 0.25) is 0 Å². The molecule has 0 aliphatic rings. The first-order chi connectivity index (χ1) is 5.97. The Morgan fingerprint density at radius 1 is 0.714 bits per heavy atom. The zero-order valence-corrected chi connectivity index (χ0v) is 9.04. The van der Waals surface area contributed by atoms with Gasteiger partial charge in [-0.1, -0.05) is 12.1 Å². The van der Waals surface area contributed by atoms with Crippen LogP contribution in [0.2, 0.25) is 0 Å². The predicted octanol–water partition coefficient (Wildman–Crippen LogP) is 2.56. The monoisotopic (exact) mass is 250 g/mol. The Kier molecular flexibility index (Phi) is 6.10. The van der Waals surface area contributed by atoms with Crippen molar-refractivity contribution in [1.82, 2.24) is 9.97 Å². The van der Waals surface area contributed by atoms with E-state index in [2.05, 4.69) is 9.97 Å². The number of nitrogens with zero attached hydrogens (tertiary/aromatic N) is 2. The van der Waals surface area contributed by atoms with Crippen molar-refractivity contribution in [3.05, 3.63) is 48.8 Å². The van der Waals surface area contributed by atoms with Gasteiger partial charge in [0.1, 0.15) is 0 Å². The molecule has 2 nitrogen and oxygen atoms in total. The summed E-state index contributed by atoms with van der Waals surface area (Å²) >= 11 is 0. The summed E-state index contributed by atoms with van der Waals surface area (Å²) in [5.41, 5.74) is 1.83. The normalized spacial score (nSPS) is 8.29. The maximum atomic E-state index is 4.19. The summed E-state index contributed by atoms with van der Waals surface area (Å²) in [5.74, 6) is 0. The van der Waals surface area contributed by atoms with Gasteiger partial charge in [-0.2, -0.15) is 0 Å². The minimum absolute atomic E-state index is 0. The Morgan fingerprint density at radius 3 is 1.43 bits per heavy atom. The van der Waals surface area contributed by atoms with Crippen molar-refractivity contribution in [2.75, 3.05) is 0 Å². The van der Waals surface area contributed by atoms with Crippen LogP contribution in [0.1, 0.15) is 0 Å². The van der Waals surface area contributed by atoms with Gasteiger partial charge in [0, 0.05) is 28.9 Å². The van der Waals surface area contributed by atoms with Crippen LogP contribution in [0.3, 0.4) is 0 Å². The smallest absolute Gasteiger partial charge is 0.0886 e. The Balaban J connectivity index is 0.000000845. The number of halogens is 1. The topological polar surface area (TPSA) is 25.8 Å². The second-order valence-electron chi connectivity index (χ2n) is 2.43. The molecule has 2 aromatic heterocycles. The van der Waals surface area contributed by atoms with Crippen LogP contribution in [0.4, 0.5) is 0 Å². The van der Waals surface area contributed by atoms with Gasteiger partial charge in [0.25, 0.3) is 0 Å². The molecule has 0 saturated heterocycles. The second-order valence-corrected chi connectivity index (χ2v) is 2.43. The maximum Gasteiger partial charge on any atom is 0.0886 e. The first kappa shape index (κ1) is 13.1. The Morgan fingerprint density at radius 2 is 1.14 bits per heavy atom. The molecule has 76 valence electrons. The van der Waals surface area contributed by atoms with Crippen LogP contribution in [0.15, 0.2) is 48.8 Å². The Hall–Kier alpha value is -0.916. The van der Waals surface area contributed by atoms with Gasteiger partial charge in [-0.25, -0.2) is 0 Å². The SMILES string of the molecule is Cl.[Ni].c1ccc(-c2ccccn2)nc1. The largest absolute Gasteiger partial charge is 0.255 e. The van der Waals surface area contributed by atoms with Gasteiger partial charge < -0.3 is 0 Å². The zero-order valence-electron chi connectivity index (χ0n) is 7.24. The average Bonchev–Trinajstić information content (AvgIpc) is 2.21. The fourth-order valence-corrected chi connectivity index (χ4v) is 1.03. The van der Waals surface area contributed by atoms with Crippen molar-refractivity contribution in [2.24, 2.45) is 0 Å². The Bertz CT molecular complexity index is 316. The van der Waals surface area contributed by atoms with Gasteiger partial charge in [0.15, 0.2) is 0 Å². The molecule has 0 fully saturated rings. The minimum Gasteiger partial charge on any atom is -0.255 e. The third kappa shape index (κ3) is 3.09. The molecule has 0 aromatic carbocycles. The standard InChI is InChI=1S/C10H8N2.ClH.Ni/c1-3-7-11-9(5-1)10-6-2-4-8-12-10;;/h1-8H;1H;. The molecule has 2 rings (SSSR count). The molecule has 0 aliphatic carbocycles. The molecule has 0 N–H and O–H groups in total. The van der Waals surface area contributed by atoms with Crippen LogP contribution in [0, 0.1) is 0 Å². The number of pyridine rings is 2. The van der Waals surface area contributed by atoms with Gasteiger partial charge in [-0.15, -0.1) is 12.4 Å². The van der Waals surface area contributed by atoms with Crippen molar-refractivity contribution in [3.63, 3.8) is 0 Å². The van der Waals surface area contributed by atoms with E-state index < -0.39 is 0 Å². The molecule has 0 amide bonds. The molecule has 0 radical (unpaired) electrons. The van der Waals surface area contributed by atoms with Crippen LogP contribution in [0.25, 0.3) is 11.4 Å². The van der Waals surface area contributed by atoms with E-state index in [4.69, 9.17) is 0 Å². The summed E-state index contributed by atoms with van der Waals surface area (Å²) in [6.07, 6.45) is 3.54. The van der Waals surface area contributed by atoms with Crippen LogP contribution in [0.5, 0.6) is 0 Å². The minimum atomic E-state index is 0. The van der Waals surface area contributed by atoms with E-state index >= 15 is 0 Å². The third-order valence-electron chi connectivity index (χ3n) is 1.59. The molecule has 14 heavy (non-hydrogen) atoms. The first-order valence-electron chi connectivity index (χ1n) is 3.79. The summed E-state index contributed by atoms with van der Waals surface area (Å²) in [6, 6.07) is 11.6. The van der Waals surface area contributed by atoms with Crippen molar-refractivity contribution in [1.29, 1.82) is 0 Å². The van der Waals surface area contributed by atoms with Crippen molar-refractivity contribution in [2.45, 2.75) is 0 Å². The number of rotatable bonds is 1. The fraction of sp³-hybridized carbons (Fsp3) is 0. The molecule has 0 unspecified atom stereocenters. The fourth-order valence-electron chi connectivity index (χ4n) is 1.03. The molecule has 0 bridgehead atoms. The van der Waals surface area contributed by atoms with Gasteiger partial charge >= 0.3 is 0 Å². The number of hydrogen-bond donors (Lipinski definition) is 0. The molecule has 0 spiro atoms. The third-order valence-corrected chi connectivity index (χ3v) is 1.59. The first-order valence-corrected chi connectivity index (χ1v) is 3.79. The Labute approximate surface area is 99.1 Å². The second kappa shape index (κ2) is 6.52. The zero-order chi connectivity index (χ0) is 8.23. The van der Waals surface area contributed by atoms with Crippen molar-refractivity contribution >= 4 is 12.4 Å². The summed E-state index contributed by atoms with van der Waals surface area (Å²) in [5, 5.41) is 0. The van der Waals surface area contributed by atoms with E-state index in [9.17, 15) is 0 Å². The molecule has 0 aliphatic heterocycles. The summed E-state index contributed by atoms with van der Waals surface area (Å²) in [7, 11) is 0. The molecule has 0 atom stereocenters. The quantitative estimate of drug-likeness (QED) is 0.728. The van der Waals surface area contributed by atoms with Crippen LogP contribution >= 0.6 is 12.4 Å². The molecule has 4 heteroatoms. The van der Waals surface area contributed by atoms with Gasteiger partial charge in [0.05, 0.1) is 11.4 Å². The summed E-state index contributed by atoms with van der Waals surface area (Å²) in [6.45, 7) is 0. The van der Waals surface area contributed by atoms with E-state index in [0.29, 0.717) is 0 Å². The van der Waals surface area contributed by atoms with Crippen LogP contribution < -0.4 is 0 Å². The maximum absolute atomic E-state index is 4.19. The molecular formula is C10H9ClN2Ni. The number of hydrogen-bond acceptors (Lipinski definition) is 2. The molecule has 2 aromatic rings. The van der Waals surface area contributed by atoms with Crippen LogP contribution in [-0.4, -0.2) is 9.97 Å². The summed E-state index contributed by atoms with van der Waals surface area (Å²) < 4.78 is 0. The van der Waals surface area contributed by atoms with Gasteiger partial charge in [-0.05, 0) is 24.3 Å². The van der Waals surface area contributed by atoms with Crippen molar-refractivity contribution in [3.8, 4) is 11.4 Å². The average molecular weight is 251 g/mol.